The smallest absolute Gasteiger partial charge is 0.154 e. The summed E-state index contributed by atoms with van der Waals surface area (Å²) in [6.07, 6.45) is 12.8. The van der Waals surface area contributed by atoms with Crippen molar-refractivity contribution < 1.29 is 19.5 Å². The van der Waals surface area contributed by atoms with E-state index >= 15 is 0 Å². The van der Waals surface area contributed by atoms with E-state index in [2.05, 4.69) is 20.0 Å². The number of nitrogens with zero attached hydrogens (tertiary/aromatic N) is 3. The molecule has 0 atom stereocenters. The number of nitrogens with one attached hydrogen (secondary N) is 1. The Kier molecular flexibility index (Phi) is 4.52. The lowest BCUT2D eigenvalue weighted by molar-refractivity contribution is -0.105. The van der Waals surface area contributed by atoms with Gasteiger partial charge in [-0.25, -0.2) is 15.0 Å². The predicted molar refractivity (Wildman–Crippen MR) is 120 cm³/mol. The molecule has 0 amide bonds. The SMILES string of the molecule is O=CC1=C2C=CC(=N2)/C(=C\O)C2=NC(=C(C=O)c3ccc([nH]3)C(C=O)=C3C=CC1=N3)C=C2. The lowest BCUT2D eigenvalue weighted by Gasteiger charge is -2.04. The van der Waals surface area contributed by atoms with Gasteiger partial charge in [0.1, 0.15) is 0 Å². The number of carbonyl (C=O) groups is 3. The normalized spacial score (nSPS) is 20.2. The zero-order chi connectivity index (χ0) is 22.2. The second-order valence-corrected chi connectivity index (χ2v) is 7.07. The molecule has 0 unspecified atom stereocenters. The maximum absolute atomic E-state index is 11.9. The summed E-state index contributed by atoms with van der Waals surface area (Å²) in [4.78, 5) is 52.1. The molecule has 5 rings (SSSR count). The summed E-state index contributed by atoms with van der Waals surface area (Å²) in [5.74, 6) is 0. The van der Waals surface area contributed by atoms with E-state index in [-0.39, 0.29) is 11.1 Å². The Morgan fingerprint density at radius 1 is 0.625 bits per heavy atom. The van der Waals surface area contributed by atoms with Crippen molar-refractivity contribution in [3.05, 3.63) is 94.5 Å². The molecule has 4 aliphatic rings. The van der Waals surface area contributed by atoms with Crippen molar-refractivity contribution in [2.45, 2.75) is 0 Å². The summed E-state index contributed by atoms with van der Waals surface area (Å²) in [6.45, 7) is 0. The fraction of sp³-hybridized carbons (Fsp3) is 0. The van der Waals surface area contributed by atoms with E-state index in [4.69, 9.17) is 0 Å². The average molecular weight is 422 g/mol. The van der Waals surface area contributed by atoms with Gasteiger partial charge in [-0.1, -0.05) is 0 Å². The molecule has 0 radical (unpaired) electrons. The molecule has 2 N–H and O–H groups in total. The lowest BCUT2D eigenvalue weighted by Crippen LogP contribution is -2.07. The molecule has 8 heteroatoms. The molecule has 0 fully saturated rings. The van der Waals surface area contributed by atoms with Crippen LogP contribution in [-0.4, -0.2) is 46.1 Å². The van der Waals surface area contributed by atoms with Gasteiger partial charge in [-0.3, -0.25) is 14.4 Å². The molecule has 0 aromatic carbocycles. The molecule has 1 aromatic rings. The van der Waals surface area contributed by atoms with Gasteiger partial charge < -0.3 is 10.1 Å². The van der Waals surface area contributed by atoms with Crippen LogP contribution >= 0.6 is 0 Å². The van der Waals surface area contributed by atoms with E-state index in [9.17, 15) is 19.5 Å². The number of carbonyl (C=O) groups excluding carboxylic acids is 3. The van der Waals surface area contributed by atoms with Gasteiger partial charge in [0.2, 0.25) is 0 Å². The number of allylic oxidation sites excluding steroid dienone is 10. The summed E-state index contributed by atoms with van der Waals surface area (Å²) >= 11 is 0. The minimum atomic E-state index is 0.247. The monoisotopic (exact) mass is 422 g/mol. The van der Waals surface area contributed by atoms with Crippen molar-refractivity contribution in [3.63, 3.8) is 0 Å². The van der Waals surface area contributed by atoms with Gasteiger partial charge >= 0.3 is 0 Å². The van der Waals surface area contributed by atoms with E-state index in [1.54, 1.807) is 48.6 Å². The van der Waals surface area contributed by atoms with Crippen LogP contribution in [0, 0.1) is 0 Å². The largest absolute Gasteiger partial charge is 0.515 e. The predicted octanol–water partition coefficient (Wildman–Crippen LogP) is 2.78. The van der Waals surface area contributed by atoms with E-state index in [0.29, 0.717) is 75.6 Å². The van der Waals surface area contributed by atoms with Gasteiger partial charge in [0.15, 0.2) is 18.9 Å². The minimum absolute atomic E-state index is 0.247. The molecule has 154 valence electrons. The summed E-state index contributed by atoms with van der Waals surface area (Å²) in [5.41, 5.74) is 4.41. The van der Waals surface area contributed by atoms with Gasteiger partial charge in [-0.15, -0.1) is 0 Å². The third-order valence-corrected chi connectivity index (χ3v) is 5.32. The number of aliphatic hydroxyl groups is 1. The Morgan fingerprint density at radius 3 is 1.53 bits per heavy atom. The van der Waals surface area contributed by atoms with Gasteiger partial charge in [0.25, 0.3) is 0 Å². The van der Waals surface area contributed by atoms with E-state index < -0.39 is 0 Å². The van der Waals surface area contributed by atoms with Crippen molar-refractivity contribution in [1.29, 1.82) is 0 Å². The fourth-order valence-corrected chi connectivity index (χ4v) is 3.73. The maximum atomic E-state index is 11.9. The van der Waals surface area contributed by atoms with Gasteiger partial charge in [0.05, 0.1) is 74.2 Å². The number of aromatic nitrogens is 1. The summed E-state index contributed by atoms with van der Waals surface area (Å²) in [7, 11) is 0. The molecule has 0 spiro atoms. The highest BCUT2D eigenvalue weighted by Gasteiger charge is 2.23. The number of H-pyrrole nitrogens is 1. The molecule has 4 aliphatic heterocycles. The Morgan fingerprint density at radius 2 is 1.06 bits per heavy atom. The zero-order valence-electron chi connectivity index (χ0n) is 16.4. The van der Waals surface area contributed by atoms with Crippen LogP contribution in [0.4, 0.5) is 0 Å². The second kappa shape index (κ2) is 7.51. The first-order chi connectivity index (χ1) is 15.7. The third-order valence-electron chi connectivity index (χ3n) is 5.32. The van der Waals surface area contributed by atoms with Crippen molar-refractivity contribution in [2.75, 3.05) is 0 Å². The molecular weight excluding hydrogens is 408 g/mol. The molecular formula is C24H14N4O4. The van der Waals surface area contributed by atoms with Crippen LogP contribution < -0.4 is 0 Å². The van der Waals surface area contributed by atoms with Crippen LogP contribution in [0.5, 0.6) is 0 Å². The fourth-order valence-electron chi connectivity index (χ4n) is 3.73. The summed E-state index contributed by atoms with van der Waals surface area (Å²) in [5, 5.41) is 9.86. The molecule has 8 bridgehead atoms. The number of hydrogen-bond acceptors (Lipinski definition) is 7. The lowest BCUT2D eigenvalue weighted by atomic mass is 10.1. The number of rotatable bonds is 3. The number of aldehydes is 3. The number of hydrogen-bond donors (Lipinski definition) is 2. The van der Waals surface area contributed by atoms with Crippen molar-refractivity contribution in [3.8, 4) is 0 Å². The quantitative estimate of drug-likeness (QED) is 0.574. The van der Waals surface area contributed by atoms with Crippen LogP contribution in [0.15, 0.2) is 98.1 Å². The summed E-state index contributed by atoms with van der Waals surface area (Å²) in [6, 6.07) is 3.35. The number of aromatic amines is 1. The van der Waals surface area contributed by atoms with Crippen LogP contribution in [-0.2, 0) is 14.4 Å². The average Bonchev–Trinajstić information content (AvgIpc) is 3.59. The first-order valence-corrected chi connectivity index (χ1v) is 9.60. The van der Waals surface area contributed by atoms with Gasteiger partial charge in [-0.05, 0) is 48.6 Å². The highest BCUT2D eigenvalue weighted by molar-refractivity contribution is 6.34. The van der Waals surface area contributed by atoms with Gasteiger partial charge in [-0.2, -0.15) is 0 Å². The van der Waals surface area contributed by atoms with Crippen LogP contribution in [0.25, 0.3) is 11.1 Å². The standard InChI is InChI=1S/C24H14N4O4/c29-9-13-17-1-2-18(25-17)14(10-30)20-5-6-22(27-20)16(12-32)24-8-7-23(28-24)15(11-31)21-4-3-19(13)26-21/h1-12,25,31H/b15-11-,19-13?,20-14?,24-16?. The Balaban J connectivity index is 1.82. The number of aliphatic imine (C=N–C) groups is 3. The Labute approximate surface area is 181 Å². The third kappa shape index (κ3) is 2.93. The first-order valence-electron chi connectivity index (χ1n) is 9.60. The van der Waals surface area contributed by atoms with E-state index in [1.807, 2.05) is 0 Å². The molecule has 0 saturated carbocycles. The van der Waals surface area contributed by atoms with Crippen LogP contribution in [0.3, 0.4) is 0 Å². The van der Waals surface area contributed by atoms with Crippen LogP contribution in [0.1, 0.15) is 11.4 Å². The number of fused-ring (bicyclic) bond motifs is 5. The van der Waals surface area contributed by atoms with E-state index in [0.717, 1.165) is 6.26 Å². The minimum Gasteiger partial charge on any atom is -0.515 e. The van der Waals surface area contributed by atoms with Gasteiger partial charge in [0, 0.05) is 0 Å². The highest BCUT2D eigenvalue weighted by Crippen LogP contribution is 2.29. The maximum Gasteiger partial charge on any atom is 0.154 e. The van der Waals surface area contributed by atoms with Crippen molar-refractivity contribution >= 4 is 47.1 Å². The molecule has 0 aliphatic carbocycles. The number of aliphatic hydroxyl groups excluding tert-OH is 1. The first kappa shape index (κ1) is 19.3. The van der Waals surface area contributed by atoms with Crippen molar-refractivity contribution in [2.24, 2.45) is 15.0 Å². The Hall–Kier alpha value is -4.72. The van der Waals surface area contributed by atoms with E-state index in [1.165, 1.54) is 0 Å². The van der Waals surface area contributed by atoms with Crippen LogP contribution in [0.2, 0.25) is 0 Å². The highest BCUT2D eigenvalue weighted by atomic mass is 16.2. The molecule has 1 aromatic heterocycles. The molecule has 0 saturated heterocycles. The molecule has 32 heavy (non-hydrogen) atoms. The Bertz CT molecular complexity index is 1420. The topological polar surface area (TPSA) is 124 Å². The second-order valence-electron chi connectivity index (χ2n) is 7.07. The summed E-state index contributed by atoms with van der Waals surface area (Å²) < 4.78 is 0. The zero-order valence-corrected chi connectivity index (χ0v) is 16.4. The van der Waals surface area contributed by atoms with Crippen molar-refractivity contribution in [1.82, 2.24) is 4.98 Å². The molecule has 5 heterocycles. The molecule has 8 nitrogen and oxygen atoms in total.